The second-order valence-electron chi connectivity index (χ2n) is 12.0. The van der Waals surface area contributed by atoms with Crippen molar-refractivity contribution in [3.63, 3.8) is 0 Å². The molecule has 326 valence electrons. The van der Waals surface area contributed by atoms with Crippen LogP contribution in [0.15, 0.2) is 73.2 Å². The minimum absolute atomic E-state index is 0. The number of rotatable bonds is 9. The quantitative estimate of drug-likeness (QED) is 0.122. The van der Waals surface area contributed by atoms with E-state index >= 15 is 0 Å². The Kier molecular flexibility index (Phi) is 69.3. The van der Waals surface area contributed by atoms with Crippen molar-refractivity contribution < 1.29 is 98.9 Å². The van der Waals surface area contributed by atoms with Crippen LogP contribution in [0.5, 0.6) is 0 Å². The Labute approximate surface area is 397 Å². The van der Waals surface area contributed by atoms with Crippen molar-refractivity contribution in [3.05, 3.63) is 134 Å². The Morgan fingerprint density at radius 1 is 0.481 bits per heavy atom. The third-order valence-corrected chi connectivity index (χ3v) is 12.2. The van der Waals surface area contributed by atoms with Crippen LogP contribution < -0.4 is 0 Å². The minimum Gasteiger partial charge on any atom is -0.372 e. The summed E-state index contributed by atoms with van der Waals surface area (Å²) in [4.78, 5) is 12.4. The van der Waals surface area contributed by atoms with Gasteiger partial charge in [0.2, 0.25) is 0 Å². The van der Waals surface area contributed by atoms with Crippen LogP contribution in [-0.4, -0.2) is 32.4 Å². The molecule has 3 aromatic rings. The standard InChI is InChI=1S/C15H28P.C10H8N2.C7H8N.C5H10.C4H8.C3H6.6Ni/c1-2-13-16(14-9-5-3-6-10-14)15-11-7-4-8-12-15;1-3-7-11-9(5-1)10-6-2-4-8-12-10;1-2-7-5-3-4-6-8-7;1-3-5-4-2;1-3-4-2;1-3-2;;;;;;/h14-15H,1-13H2;1-8H;3-6H,1-2H2;1-5H2;1-4H2;1-3H2;;;;;;/q-1;;-1;3*-2;;;;3*+2/p+1. The van der Waals surface area contributed by atoms with Crippen LogP contribution >= 0.6 is 7.92 Å². The maximum atomic E-state index is 4.19. The zero-order chi connectivity index (χ0) is 35.5. The van der Waals surface area contributed by atoms with E-state index in [-0.39, 0.29) is 107 Å². The number of aromatic nitrogens is 3. The summed E-state index contributed by atoms with van der Waals surface area (Å²) in [6.45, 7) is 28.9. The minimum atomic E-state index is -0.0593. The Morgan fingerprint density at radius 3 is 1.07 bits per heavy atom. The summed E-state index contributed by atoms with van der Waals surface area (Å²) < 4.78 is 0. The van der Waals surface area contributed by atoms with Crippen molar-refractivity contribution in [2.75, 3.05) is 6.16 Å². The van der Waals surface area contributed by atoms with Gasteiger partial charge in [-0.25, -0.2) is 12.8 Å². The van der Waals surface area contributed by atoms with E-state index in [2.05, 4.69) is 70.3 Å². The molecule has 0 unspecified atom stereocenters. The molecule has 0 atom stereocenters. The monoisotopic (exact) mass is 1020 g/mol. The third kappa shape index (κ3) is 38.4. The number of unbranched alkanes of at least 4 members (excludes halogenated alkanes) is 3. The average molecular weight is 1020 g/mol. The summed E-state index contributed by atoms with van der Waals surface area (Å²) in [5.74, 6) is 0. The fraction of sp³-hybridized carbons (Fsp3) is 0.477. The fourth-order valence-electron chi connectivity index (χ4n) is 5.64. The van der Waals surface area contributed by atoms with Gasteiger partial charge in [-0.2, -0.15) is 12.8 Å². The first-order chi connectivity index (χ1) is 23.6. The normalized spacial score (nSPS) is 12.6. The van der Waals surface area contributed by atoms with E-state index in [9.17, 15) is 0 Å². The van der Waals surface area contributed by atoms with E-state index in [4.69, 9.17) is 0 Å². The van der Waals surface area contributed by atoms with E-state index in [0.29, 0.717) is 0 Å². The molecule has 0 bridgehead atoms. The zero-order valence-electron chi connectivity index (χ0n) is 32.4. The first-order valence-electron chi connectivity index (χ1n) is 18.5. The van der Waals surface area contributed by atoms with Gasteiger partial charge in [0.25, 0.3) is 0 Å². The van der Waals surface area contributed by atoms with E-state index < -0.39 is 0 Å². The van der Waals surface area contributed by atoms with Gasteiger partial charge in [-0.15, -0.1) is 19.3 Å². The van der Waals surface area contributed by atoms with Crippen molar-refractivity contribution in [2.45, 2.75) is 127 Å². The molecule has 0 amide bonds. The SMILES string of the molecule is [CH2-]CCC[CH2-].[CH2-]CC[CH2-].[CH2-]CC[PH+](C1CCCCC1)C1CCCCC1.[CH2-]C[CH2-].[CH2-]Cc1ccccn1.[Ni+2].[Ni+2].[Ni+2].[Ni].[Ni].[Ni].c1ccc(-c2ccccn2)nc1. The number of pyridine rings is 3. The van der Waals surface area contributed by atoms with Gasteiger partial charge in [-0.3, -0.25) is 15.0 Å². The molecular weight excluding hydrogens is 954 g/mol. The van der Waals surface area contributed by atoms with Crippen molar-refractivity contribution in [1.82, 2.24) is 15.0 Å². The van der Waals surface area contributed by atoms with Gasteiger partial charge < -0.3 is 61.8 Å². The zero-order valence-corrected chi connectivity index (χ0v) is 39.3. The summed E-state index contributed by atoms with van der Waals surface area (Å²) in [5, 5.41) is 0. The Bertz CT molecular complexity index is 971. The summed E-state index contributed by atoms with van der Waals surface area (Å²) in [6, 6.07) is 17.4. The van der Waals surface area contributed by atoms with Crippen molar-refractivity contribution in [2.24, 2.45) is 0 Å². The van der Waals surface area contributed by atoms with E-state index in [1.807, 2.05) is 54.6 Å². The molecule has 3 nitrogen and oxygen atoms in total. The molecular formula is C44H69N3Ni6P-. The molecule has 0 saturated heterocycles. The average Bonchev–Trinajstić information content (AvgIpc) is 3.17. The summed E-state index contributed by atoms with van der Waals surface area (Å²) in [6.07, 6.45) is 30.2. The van der Waals surface area contributed by atoms with Crippen LogP contribution in [0.25, 0.3) is 11.4 Å². The Balaban J connectivity index is -0.000000104. The molecule has 2 aliphatic carbocycles. The second kappa shape index (κ2) is 53.8. The van der Waals surface area contributed by atoms with Gasteiger partial charge in [0.15, 0.2) is 0 Å². The van der Waals surface area contributed by atoms with Gasteiger partial charge >= 0.3 is 49.5 Å². The molecule has 3 heterocycles. The third-order valence-electron chi connectivity index (χ3n) is 8.05. The Hall–Kier alpha value is 0.841. The number of nitrogens with zero attached hydrogens (tertiary/aromatic N) is 3. The number of hydrogen-bond acceptors (Lipinski definition) is 3. The van der Waals surface area contributed by atoms with Crippen LogP contribution in [0.1, 0.15) is 115 Å². The summed E-state index contributed by atoms with van der Waals surface area (Å²) in [5.41, 5.74) is 5.22. The molecule has 0 radical (unpaired) electrons. The van der Waals surface area contributed by atoms with Gasteiger partial charge in [0.1, 0.15) is 0 Å². The molecule has 54 heavy (non-hydrogen) atoms. The molecule has 10 heteroatoms. The first-order valence-corrected chi connectivity index (χ1v) is 20.3. The first kappa shape index (κ1) is 69.5. The predicted molar refractivity (Wildman–Crippen MR) is 218 cm³/mol. The van der Waals surface area contributed by atoms with Gasteiger partial charge in [0, 0.05) is 87.8 Å². The molecule has 0 aliphatic heterocycles. The van der Waals surface area contributed by atoms with Crippen molar-refractivity contribution >= 4 is 7.92 Å². The summed E-state index contributed by atoms with van der Waals surface area (Å²) >= 11 is 0. The molecule has 0 spiro atoms. The van der Waals surface area contributed by atoms with Crippen molar-refractivity contribution in [3.8, 4) is 11.4 Å². The van der Waals surface area contributed by atoms with Gasteiger partial charge in [-0.05, 0) is 87.8 Å². The molecule has 2 saturated carbocycles. The smallest absolute Gasteiger partial charge is 0.372 e. The van der Waals surface area contributed by atoms with Gasteiger partial charge in [-0.1, -0.05) is 31.0 Å². The van der Waals surface area contributed by atoms with Crippen LogP contribution in [0.3, 0.4) is 0 Å². The van der Waals surface area contributed by atoms with Crippen LogP contribution in [0.4, 0.5) is 0 Å². The van der Waals surface area contributed by atoms with E-state index in [1.54, 1.807) is 44.3 Å². The van der Waals surface area contributed by atoms with E-state index in [0.717, 1.165) is 55.6 Å². The molecule has 2 fully saturated rings. The maximum Gasteiger partial charge on any atom is 2.00 e. The summed E-state index contributed by atoms with van der Waals surface area (Å²) in [7, 11) is -0.0593. The molecule has 0 N–H and O–H groups in total. The maximum absolute atomic E-state index is 4.19. The predicted octanol–water partition coefficient (Wildman–Crippen LogP) is 13.0. The molecule has 0 aromatic carbocycles. The second-order valence-corrected chi connectivity index (χ2v) is 15.3. The Morgan fingerprint density at radius 2 is 0.852 bits per heavy atom. The number of hydrogen-bond donors (Lipinski definition) is 0. The largest absolute Gasteiger partial charge is 2.00 e. The fourth-order valence-corrected chi connectivity index (χ4v) is 9.83. The molecule has 3 aromatic heterocycles. The molecule has 5 rings (SSSR count). The van der Waals surface area contributed by atoms with Crippen molar-refractivity contribution in [1.29, 1.82) is 0 Å². The topological polar surface area (TPSA) is 38.7 Å². The van der Waals surface area contributed by atoms with Gasteiger partial charge in [0.05, 0.1) is 22.7 Å². The van der Waals surface area contributed by atoms with Crippen LogP contribution in [0, 0.1) is 55.4 Å². The van der Waals surface area contributed by atoms with E-state index in [1.165, 1.54) is 68.8 Å². The van der Waals surface area contributed by atoms with Crippen LogP contribution in [0.2, 0.25) is 0 Å². The molecule has 2 aliphatic rings. The van der Waals surface area contributed by atoms with Crippen LogP contribution in [-0.2, 0) is 105 Å².